The van der Waals surface area contributed by atoms with Crippen molar-refractivity contribution in [2.24, 2.45) is 0 Å². The number of rotatable bonds is 5. The predicted octanol–water partition coefficient (Wildman–Crippen LogP) is 2.48. The average Bonchev–Trinajstić information content (AvgIpc) is 2.97. The second kappa shape index (κ2) is 8.79. The molecule has 10 nitrogen and oxygen atoms in total. The lowest BCUT2D eigenvalue weighted by molar-refractivity contribution is -0.140. The van der Waals surface area contributed by atoms with Crippen molar-refractivity contribution < 1.29 is 37.3 Å². The standard InChI is InChI=1S/C18H19ClF2N3O7P/c19-11-3-1-2-10(8-11)12-5-7-29-32(28,31-12)23-14-4-6-24(17(27)22-14)16-18(20,21)15(26)13(9-25)30-16/h1-4,6,8,12-13,15-16,25-26H,5,7,9H2,(H,22,23,27,28)/t12-,13-,15+,16+,32-/m0/s1. The number of anilines is 1. The molecule has 0 saturated carbocycles. The van der Waals surface area contributed by atoms with Crippen molar-refractivity contribution in [3.05, 3.63) is 57.6 Å². The van der Waals surface area contributed by atoms with Gasteiger partial charge in [0, 0.05) is 17.6 Å². The van der Waals surface area contributed by atoms with Crippen LogP contribution in [0.1, 0.15) is 24.3 Å². The molecule has 2 aromatic rings. The first-order valence-electron chi connectivity index (χ1n) is 9.51. The lowest BCUT2D eigenvalue weighted by atomic mass is 10.1. The highest BCUT2D eigenvalue weighted by Gasteiger charge is 2.59. The number of nitrogens with zero attached hydrogens (tertiary/aromatic N) is 2. The van der Waals surface area contributed by atoms with Gasteiger partial charge in [-0.3, -0.25) is 18.7 Å². The number of aliphatic hydroxyl groups excluding tert-OH is 2. The van der Waals surface area contributed by atoms with Crippen LogP contribution in [-0.4, -0.2) is 51.1 Å². The van der Waals surface area contributed by atoms with Crippen molar-refractivity contribution in [2.75, 3.05) is 18.3 Å². The summed E-state index contributed by atoms with van der Waals surface area (Å²) in [6.45, 7) is -0.776. The van der Waals surface area contributed by atoms with Crippen molar-refractivity contribution in [1.29, 1.82) is 0 Å². The molecule has 1 aromatic carbocycles. The van der Waals surface area contributed by atoms with Crippen LogP contribution in [-0.2, 0) is 18.3 Å². The van der Waals surface area contributed by atoms with Gasteiger partial charge in [0.25, 0.3) is 0 Å². The molecular weight excluding hydrogens is 475 g/mol. The Balaban J connectivity index is 1.52. The third-order valence-corrected chi connectivity index (χ3v) is 6.81. The molecule has 0 radical (unpaired) electrons. The van der Waals surface area contributed by atoms with Crippen molar-refractivity contribution in [2.45, 2.75) is 36.9 Å². The molecule has 32 heavy (non-hydrogen) atoms. The summed E-state index contributed by atoms with van der Waals surface area (Å²) in [6, 6.07) is 7.92. The Morgan fingerprint density at radius 3 is 2.81 bits per heavy atom. The van der Waals surface area contributed by atoms with Gasteiger partial charge in [0.15, 0.2) is 6.10 Å². The minimum atomic E-state index is -3.94. The number of aliphatic hydroxyl groups is 2. The summed E-state index contributed by atoms with van der Waals surface area (Å²) in [6.07, 6.45) is -5.29. The molecule has 3 heterocycles. The van der Waals surface area contributed by atoms with E-state index in [1.165, 1.54) is 0 Å². The summed E-state index contributed by atoms with van der Waals surface area (Å²) >= 11 is 5.99. The monoisotopic (exact) mass is 493 g/mol. The Morgan fingerprint density at radius 1 is 1.38 bits per heavy atom. The quantitative estimate of drug-likeness (QED) is 0.537. The van der Waals surface area contributed by atoms with Crippen LogP contribution in [0.25, 0.3) is 0 Å². The van der Waals surface area contributed by atoms with Crippen LogP contribution in [0.5, 0.6) is 0 Å². The van der Waals surface area contributed by atoms with Gasteiger partial charge in [0.1, 0.15) is 11.9 Å². The van der Waals surface area contributed by atoms with Gasteiger partial charge in [-0.15, -0.1) is 0 Å². The van der Waals surface area contributed by atoms with E-state index in [2.05, 4.69) is 10.1 Å². The zero-order valence-electron chi connectivity index (χ0n) is 16.3. The van der Waals surface area contributed by atoms with E-state index >= 15 is 0 Å². The molecule has 0 spiro atoms. The first-order chi connectivity index (χ1) is 15.1. The molecule has 2 aliphatic rings. The number of alkyl halides is 2. The Morgan fingerprint density at radius 2 is 2.16 bits per heavy atom. The lowest BCUT2D eigenvalue weighted by Crippen LogP contribution is -2.41. The minimum absolute atomic E-state index is 0.0844. The van der Waals surface area contributed by atoms with E-state index in [1.807, 2.05) is 0 Å². The van der Waals surface area contributed by atoms with Crippen LogP contribution in [0.4, 0.5) is 14.6 Å². The number of ether oxygens (including phenoxy) is 1. The average molecular weight is 494 g/mol. The van der Waals surface area contributed by atoms with Gasteiger partial charge >= 0.3 is 19.4 Å². The Bertz CT molecular complexity index is 1100. The van der Waals surface area contributed by atoms with Gasteiger partial charge in [-0.1, -0.05) is 23.7 Å². The molecular formula is C18H19ClF2N3O7P. The van der Waals surface area contributed by atoms with Gasteiger partial charge in [-0.2, -0.15) is 13.8 Å². The second-order valence-electron chi connectivity index (χ2n) is 7.21. The molecule has 174 valence electrons. The summed E-state index contributed by atoms with van der Waals surface area (Å²) < 4.78 is 57.8. The molecule has 0 aliphatic carbocycles. The van der Waals surface area contributed by atoms with Gasteiger partial charge in [-0.05, 0) is 23.8 Å². The maximum absolute atomic E-state index is 14.3. The van der Waals surface area contributed by atoms with Crippen molar-refractivity contribution >= 4 is 25.2 Å². The Kier molecular flexibility index (Phi) is 6.38. The lowest BCUT2D eigenvalue weighted by Gasteiger charge is -2.30. The molecule has 14 heteroatoms. The summed E-state index contributed by atoms with van der Waals surface area (Å²) in [5.41, 5.74) is -0.482. The van der Waals surface area contributed by atoms with Gasteiger partial charge in [-0.25, -0.2) is 9.36 Å². The number of halogens is 3. The minimum Gasteiger partial charge on any atom is -0.394 e. The summed E-state index contributed by atoms with van der Waals surface area (Å²) in [5.74, 6) is -4.08. The third-order valence-electron chi connectivity index (χ3n) is 5.02. The molecule has 2 fully saturated rings. The summed E-state index contributed by atoms with van der Waals surface area (Å²) in [5, 5.41) is 21.6. The van der Waals surface area contributed by atoms with Crippen LogP contribution < -0.4 is 10.8 Å². The van der Waals surface area contributed by atoms with E-state index in [0.29, 0.717) is 21.6 Å². The fraction of sp³-hybridized carbons (Fsp3) is 0.444. The van der Waals surface area contributed by atoms with Crippen LogP contribution in [0.2, 0.25) is 5.02 Å². The van der Waals surface area contributed by atoms with E-state index in [1.54, 1.807) is 24.3 Å². The van der Waals surface area contributed by atoms with Crippen molar-refractivity contribution in [3.8, 4) is 0 Å². The molecule has 1 aromatic heterocycles. The van der Waals surface area contributed by atoms with Gasteiger partial charge < -0.3 is 14.9 Å². The number of aromatic nitrogens is 2. The molecule has 3 N–H and O–H groups in total. The SMILES string of the molecule is O=c1nc(N[P@]2(=O)OCC[C@@H](c3cccc(Cl)c3)O2)ccn1[C@@H]1O[C@@H](CO)[C@@H](O)C1(F)F. The predicted molar refractivity (Wildman–Crippen MR) is 108 cm³/mol. The highest BCUT2D eigenvalue weighted by atomic mass is 35.5. The van der Waals surface area contributed by atoms with Crippen LogP contribution in [0.3, 0.4) is 0 Å². The first kappa shape index (κ1) is 23.2. The van der Waals surface area contributed by atoms with E-state index in [4.69, 9.17) is 30.5 Å². The summed E-state index contributed by atoms with van der Waals surface area (Å²) in [7, 11) is -3.94. The normalized spacial score (nSPS) is 32.0. The largest absolute Gasteiger partial charge is 0.434 e. The summed E-state index contributed by atoms with van der Waals surface area (Å²) in [4.78, 5) is 16.0. The smallest absolute Gasteiger partial charge is 0.394 e. The Labute approximate surface area is 185 Å². The fourth-order valence-corrected chi connectivity index (χ4v) is 5.13. The van der Waals surface area contributed by atoms with Crippen LogP contribution in [0, 0.1) is 0 Å². The van der Waals surface area contributed by atoms with E-state index < -0.39 is 50.5 Å². The highest BCUT2D eigenvalue weighted by Crippen LogP contribution is 2.55. The first-order valence-corrected chi connectivity index (χ1v) is 11.4. The zero-order chi connectivity index (χ0) is 23.1. The Hall–Kier alpha value is -1.92. The number of benzene rings is 1. The molecule has 5 atom stereocenters. The maximum Gasteiger partial charge on any atom is 0.434 e. The van der Waals surface area contributed by atoms with E-state index in [9.17, 15) is 23.2 Å². The molecule has 4 rings (SSSR count). The topological polar surface area (TPSA) is 132 Å². The van der Waals surface area contributed by atoms with Crippen LogP contribution in [0.15, 0.2) is 41.3 Å². The van der Waals surface area contributed by atoms with Crippen LogP contribution >= 0.6 is 19.3 Å². The zero-order valence-corrected chi connectivity index (χ0v) is 18.0. The van der Waals surface area contributed by atoms with Crippen molar-refractivity contribution in [1.82, 2.24) is 9.55 Å². The molecule has 2 saturated heterocycles. The van der Waals surface area contributed by atoms with Gasteiger partial charge in [0.2, 0.25) is 6.23 Å². The van der Waals surface area contributed by atoms with Gasteiger partial charge in [0.05, 0.1) is 19.3 Å². The number of hydrogen-bond acceptors (Lipinski definition) is 8. The fourth-order valence-electron chi connectivity index (χ4n) is 3.44. The van der Waals surface area contributed by atoms with E-state index in [-0.39, 0.29) is 12.4 Å². The molecule has 2 aliphatic heterocycles. The van der Waals surface area contributed by atoms with E-state index in [0.717, 1.165) is 12.3 Å². The third kappa shape index (κ3) is 4.44. The molecule has 0 amide bonds. The maximum atomic E-state index is 14.3. The number of nitrogens with one attached hydrogen (secondary N) is 1. The highest BCUT2D eigenvalue weighted by molar-refractivity contribution is 7.55. The number of hydrogen-bond donors (Lipinski definition) is 3. The molecule has 0 unspecified atom stereocenters. The van der Waals surface area contributed by atoms with Crippen molar-refractivity contribution in [3.63, 3.8) is 0 Å². The molecule has 0 bridgehead atoms. The second-order valence-corrected chi connectivity index (χ2v) is 9.34.